The Morgan fingerprint density at radius 2 is 1.48 bits per heavy atom. The summed E-state index contributed by atoms with van der Waals surface area (Å²) in [4.78, 5) is 70.0. The highest BCUT2D eigenvalue weighted by atomic mass is 35.5. The van der Waals surface area contributed by atoms with Crippen molar-refractivity contribution in [3.63, 3.8) is 0 Å². The Hall–Kier alpha value is -8.30. The number of amides is 3. The van der Waals surface area contributed by atoms with Crippen LogP contribution in [-0.4, -0.2) is 156 Å². The summed E-state index contributed by atoms with van der Waals surface area (Å²) < 4.78 is 65.8. The molecule has 1 aromatic heterocycles. The van der Waals surface area contributed by atoms with Crippen LogP contribution in [0.4, 0.5) is 15.9 Å². The van der Waals surface area contributed by atoms with E-state index in [1.807, 2.05) is 42.2 Å². The van der Waals surface area contributed by atoms with E-state index in [1.54, 1.807) is 68.7 Å². The maximum absolute atomic E-state index is 14.6. The van der Waals surface area contributed by atoms with Crippen LogP contribution in [-0.2, 0) is 30.3 Å². The molecule has 3 amide bonds. The van der Waals surface area contributed by atoms with Gasteiger partial charge in [0.1, 0.15) is 35.9 Å². The number of piperidine rings is 1. The standard InChI is InChI=1S/C63H75ClFN7O13/c1-8-45(42-33-56(80-5)60(82-7)57(34-42)81-6)62(75)72-25-10-9-15-50(72)63(76)85-51(20-16-40-17-21-52(77-2)53(31-40)78-3)41-13-11-14-44(32-41)84-38-58(73)66-23-22-59(74)71-28-26-70(27-29-71)24-12-30-83-55-36-46-49(37-54(55)79-4)67-39-68-61(46)69-43-18-19-48(65)47(64)35-43/h11,13-14,17-19,21,31-37,39,45,50-51H,8-10,12,15-16,20,22-30,38H2,1-7H3,(H,66,73)(H,67,68,69)/t45-,50-,51+/m0/s1. The lowest BCUT2D eigenvalue weighted by atomic mass is 9.91. The zero-order valence-corrected chi connectivity index (χ0v) is 50.0. The van der Waals surface area contributed by atoms with Crippen molar-refractivity contribution in [2.24, 2.45) is 0 Å². The number of methoxy groups -OCH3 is 6. The molecule has 85 heavy (non-hydrogen) atoms. The van der Waals surface area contributed by atoms with Crippen LogP contribution < -0.4 is 48.5 Å². The summed E-state index contributed by atoms with van der Waals surface area (Å²) in [6.45, 7) is 5.78. The number of hydrogen-bond acceptors (Lipinski definition) is 17. The second kappa shape index (κ2) is 30.5. The number of likely N-dealkylation sites (tertiary alicyclic amines) is 1. The minimum absolute atomic E-state index is 0.0129. The van der Waals surface area contributed by atoms with E-state index in [0.29, 0.717) is 145 Å². The highest BCUT2D eigenvalue weighted by Gasteiger charge is 2.38. The fourth-order valence-corrected chi connectivity index (χ4v) is 10.8. The molecule has 22 heteroatoms. The molecule has 8 rings (SSSR count). The van der Waals surface area contributed by atoms with Crippen molar-refractivity contribution < 1.29 is 66.2 Å². The van der Waals surface area contributed by atoms with E-state index in [0.717, 1.165) is 31.4 Å². The van der Waals surface area contributed by atoms with E-state index in [2.05, 4.69) is 25.5 Å². The summed E-state index contributed by atoms with van der Waals surface area (Å²) in [6, 6.07) is 23.4. The maximum Gasteiger partial charge on any atom is 0.329 e. The van der Waals surface area contributed by atoms with E-state index in [1.165, 1.54) is 39.8 Å². The average Bonchev–Trinajstić information content (AvgIpc) is 2.98. The van der Waals surface area contributed by atoms with Gasteiger partial charge in [-0.15, -0.1) is 0 Å². The Kier molecular flexibility index (Phi) is 22.5. The lowest BCUT2D eigenvalue weighted by molar-refractivity contribution is -0.162. The van der Waals surface area contributed by atoms with Crippen molar-refractivity contribution in [3.8, 4) is 46.0 Å². The number of nitrogens with zero attached hydrogens (tertiary/aromatic N) is 5. The molecule has 2 aliphatic rings. The third-order valence-corrected chi connectivity index (χ3v) is 15.5. The molecule has 2 N–H and O–H groups in total. The Bertz CT molecular complexity index is 3250. The van der Waals surface area contributed by atoms with Crippen LogP contribution in [0.15, 0.2) is 91.3 Å². The predicted molar refractivity (Wildman–Crippen MR) is 319 cm³/mol. The number of ether oxygens (including phenoxy) is 9. The van der Waals surface area contributed by atoms with Gasteiger partial charge in [-0.05, 0) is 122 Å². The number of anilines is 2. The molecule has 0 saturated carbocycles. The molecule has 2 fully saturated rings. The molecule has 0 spiro atoms. The normalized spacial score (nSPS) is 15.0. The second-order valence-corrected chi connectivity index (χ2v) is 20.9. The third-order valence-electron chi connectivity index (χ3n) is 15.2. The number of fused-ring (bicyclic) bond motifs is 1. The molecule has 6 aromatic rings. The number of piperazine rings is 1. The van der Waals surface area contributed by atoms with Gasteiger partial charge < -0.3 is 63.1 Å². The van der Waals surface area contributed by atoms with Gasteiger partial charge in [0, 0.05) is 69.4 Å². The number of benzene rings is 5. The number of aryl methyl sites for hydroxylation is 1. The van der Waals surface area contributed by atoms with Gasteiger partial charge in [-0.1, -0.05) is 36.7 Å². The van der Waals surface area contributed by atoms with Crippen molar-refractivity contribution in [2.75, 3.05) is 107 Å². The Morgan fingerprint density at radius 1 is 0.741 bits per heavy atom. The van der Waals surface area contributed by atoms with E-state index in [4.69, 9.17) is 54.2 Å². The van der Waals surface area contributed by atoms with Crippen LogP contribution in [0.25, 0.3) is 10.9 Å². The summed E-state index contributed by atoms with van der Waals surface area (Å²) in [6.07, 6.45) is 4.71. The fourth-order valence-electron chi connectivity index (χ4n) is 10.7. The number of aromatic nitrogens is 2. The van der Waals surface area contributed by atoms with E-state index in [9.17, 15) is 23.6 Å². The summed E-state index contributed by atoms with van der Waals surface area (Å²) in [5.74, 6) is 2.02. The number of carbonyl (C=O) groups is 4. The first-order valence-corrected chi connectivity index (χ1v) is 28.8. The van der Waals surface area contributed by atoms with Gasteiger partial charge in [-0.25, -0.2) is 19.2 Å². The van der Waals surface area contributed by atoms with Gasteiger partial charge >= 0.3 is 5.97 Å². The van der Waals surface area contributed by atoms with E-state index in [-0.39, 0.29) is 36.4 Å². The quantitative estimate of drug-likeness (QED) is 0.0346. The summed E-state index contributed by atoms with van der Waals surface area (Å²) in [5.41, 5.74) is 3.43. The van der Waals surface area contributed by atoms with Crippen LogP contribution in [0.1, 0.15) is 80.6 Å². The minimum atomic E-state index is -0.832. The Labute approximate surface area is 500 Å². The Balaban J connectivity index is 0.820. The third kappa shape index (κ3) is 16.1. The molecule has 0 unspecified atom stereocenters. The van der Waals surface area contributed by atoms with Gasteiger partial charge in [0.25, 0.3) is 5.91 Å². The lowest BCUT2D eigenvalue weighted by Gasteiger charge is -2.37. The van der Waals surface area contributed by atoms with Crippen LogP contribution in [0.3, 0.4) is 0 Å². The molecule has 20 nitrogen and oxygen atoms in total. The van der Waals surface area contributed by atoms with Crippen LogP contribution >= 0.6 is 11.6 Å². The van der Waals surface area contributed by atoms with Crippen molar-refractivity contribution >= 4 is 57.7 Å². The maximum atomic E-state index is 14.6. The summed E-state index contributed by atoms with van der Waals surface area (Å²) in [5, 5.41) is 6.66. The van der Waals surface area contributed by atoms with Crippen molar-refractivity contribution in [3.05, 3.63) is 119 Å². The van der Waals surface area contributed by atoms with Gasteiger partial charge in [0.2, 0.25) is 17.6 Å². The van der Waals surface area contributed by atoms with Crippen molar-refractivity contribution in [1.82, 2.24) is 30.0 Å². The molecule has 0 aliphatic carbocycles. The molecule has 454 valence electrons. The zero-order valence-electron chi connectivity index (χ0n) is 49.2. The van der Waals surface area contributed by atoms with Crippen molar-refractivity contribution in [2.45, 2.75) is 76.4 Å². The molecule has 2 saturated heterocycles. The number of halogens is 2. The fraction of sp³-hybridized carbons (Fsp3) is 0.429. The highest BCUT2D eigenvalue weighted by molar-refractivity contribution is 6.31. The largest absolute Gasteiger partial charge is 0.493 e. The molecule has 0 radical (unpaired) electrons. The molecule has 3 heterocycles. The van der Waals surface area contributed by atoms with Gasteiger partial charge in [0.05, 0.1) is 65.7 Å². The first kappa shape index (κ1) is 62.7. The predicted octanol–water partition coefficient (Wildman–Crippen LogP) is 9.51. The molecular weight excluding hydrogens is 1120 g/mol. The SMILES string of the molecule is CC[C@H](C(=O)N1CCCC[C@H]1C(=O)O[C@H](CCc1ccc(OC)c(OC)c1)c1cccc(OCC(=O)NCCC(=O)N2CCN(CCCOc3cc4c(Nc5ccc(F)c(Cl)c5)ncnc4cc3OC)CC2)c1)c1cc(OC)c(OC)c(OC)c1. The lowest BCUT2D eigenvalue weighted by Crippen LogP contribution is -2.50. The van der Waals surface area contributed by atoms with Gasteiger partial charge in [-0.3, -0.25) is 19.3 Å². The van der Waals surface area contributed by atoms with E-state index >= 15 is 0 Å². The van der Waals surface area contributed by atoms with Gasteiger partial charge in [-0.2, -0.15) is 0 Å². The molecule has 3 atom stereocenters. The number of carbonyl (C=O) groups excluding carboxylic acids is 4. The van der Waals surface area contributed by atoms with Gasteiger partial charge in [0.15, 0.2) is 41.1 Å². The summed E-state index contributed by atoms with van der Waals surface area (Å²) in [7, 11) is 9.27. The van der Waals surface area contributed by atoms with Crippen LogP contribution in [0.2, 0.25) is 5.02 Å². The highest BCUT2D eigenvalue weighted by Crippen LogP contribution is 2.42. The Morgan fingerprint density at radius 3 is 2.19 bits per heavy atom. The molecule has 0 bridgehead atoms. The number of hydrogen-bond donors (Lipinski definition) is 2. The number of esters is 1. The number of nitrogens with one attached hydrogen (secondary N) is 2. The monoisotopic (exact) mass is 1190 g/mol. The topological polar surface area (TPSA) is 211 Å². The molecule has 5 aromatic carbocycles. The molecule has 2 aliphatic heterocycles. The first-order valence-electron chi connectivity index (χ1n) is 28.5. The number of rotatable bonds is 28. The first-order chi connectivity index (χ1) is 41.3. The van der Waals surface area contributed by atoms with Crippen molar-refractivity contribution in [1.29, 1.82) is 0 Å². The second-order valence-electron chi connectivity index (χ2n) is 20.5. The molecular formula is C63H75ClFN7O13. The van der Waals surface area contributed by atoms with Crippen LogP contribution in [0, 0.1) is 5.82 Å². The van der Waals surface area contributed by atoms with E-state index < -0.39 is 35.8 Å². The minimum Gasteiger partial charge on any atom is -0.493 e. The average molecular weight is 1190 g/mol. The van der Waals surface area contributed by atoms with Crippen LogP contribution in [0.5, 0.6) is 46.0 Å². The summed E-state index contributed by atoms with van der Waals surface area (Å²) >= 11 is 6.01. The smallest absolute Gasteiger partial charge is 0.329 e. The zero-order chi connectivity index (χ0) is 60.4.